The summed E-state index contributed by atoms with van der Waals surface area (Å²) in [6.07, 6.45) is 3.30. The molecule has 3 heterocycles. The number of carbonyl (C=O) groups excluding carboxylic acids is 1. The SMILES string of the molecule is O=C(c1nn(P)c2nc[nH]c(=O)c12)N1CCCC1. The molecule has 1 amide bonds. The highest BCUT2D eigenvalue weighted by atomic mass is 31.0. The molecule has 0 saturated carbocycles. The molecule has 1 saturated heterocycles. The molecule has 1 fully saturated rings. The van der Waals surface area contributed by atoms with Crippen molar-refractivity contribution < 1.29 is 4.79 Å². The van der Waals surface area contributed by atoms with Crippen LogP contribution < -0.4 is 5.56 Å². The summed E-state index contributed by atoms with van der Waals surface area (Å²) in [4.78, 5) is 32.3. The molecule has 0 spiro atoms. The lowest BCUT2D eigenvalue weighted by Gasteiger charge is -2.12. The Bertz CT molecular complexity index is 670. The number of aromatic nitrogens is 4. The fourth-order valence-corrected chi connectivity index (χ4v) is 2.51. The second-order valence-corrected chi connectivity index (χ2v) is 4.71. The van der Waals surface area contributed by atoms with Gasteiger partial charge in [-0.2, -0.15) is 5.10 Å². The quantitative estimate of drug-likeness (QED) is 0.735. The second kappa shape index (κ2) is 4.17. The molecule has 0 aliphatic carbocycles. The van der Waals surface area contributed by atoms with Crippen molar-refractivity contribution in [3.8, 4) is 0 Å². The number of H-pyrrole nitrogens is 1. The smallest absolute Gasteiger partial charge is 0.275 e. The molecule has 1 unspecified atom stereocenters. The molecule has 94 valence electrons. The number of rotatable bonds is 1. The standard InChI is InChI=1S/C10H12N5O2P/c16-9-6-7(10(17)14-3-1-2-4-14)13-15(18)8(6)11-5-12-9/h5H,1-4,18H2,(H,11,12,16). The van der Waals surface area contributed by atoms with Crippen LogP contribution >= 0.6 is 9.39 Å². The minimum Gasteiger partial charge on any atom is -0.337 e. The molecule has 8 heteroatoms. The van der Waals surface area contributed by atoms with Gasteiger partial charge in [-0.1, -0.05) is 0 Å². The van der Waals surface area contributed by atoms with Gasteiger partial charge in [0.15, 0.2) is 11.3 Å². The van der Waals surface area contributed by atoms with E-state index in [1.807, 2.05) is 0 Å². The zero-order valence-electron chi connectivity index (χ0n) is 9.59. The van der Waals surface area contributed by atoms with Crippen molar-refractivity contribution in [3.63, 3.8) is 0 Å². The maximum absolute atomic E-state index is 12.3. The third-order valence-corrected chi connectivity index (χ3v) is 3.45. The van der Waals surface area contributed by atoms with Gasteiger partial charge in [0.05, 0.1) is 6.33 Å². The highest BCUT2D eigenvalue weighted by Gasteiger charge is 2.26. The molecule has 7 nitrogen and oxygen atoms in total. The number of nitrogens with one attached hydrogen (secondary N) is 1. The first-order valence-electron chi connectivity index (χ1n) is 5.69. The Morgan fingerprint density at radius 1 is 1.39 bits per heavy atom. The van der Waals surface area contributed by atoms with Crippen molar-refractivity contribution in [1.82, 2.24) is 24.4 Å². The van der Waals surface area contributed by atoms with Gasteiger partial charge in [-0.05, 0) is 22.2 Å². The predicted octanol–water partition coefficient (Wildman–Crippen LogP) is -0.00620. The molecule has 1 aliphatic rings. The molecule has 0 radical (unpaired) electrons. The Balaban J connectivity index is 2.17. The number of likely N-dealkylation sites (tertiary alicyclic amines) is 1. The van der Waals surface area contributed by atoms with Crippen LogP contribution in [0, 0.1) is 0 Å². The van der Waals surface area contributed by atoms with E-state index in [0.29, 0.717) is 5.65 Å². The van der Waals surface area contributed by atoms with Gasteiger partial charge in [0.25, 0.3) is 11.5 Å². The van der Waals surface area contributed by atoms with Crippen LogP contribution in [0.1, 0.15) is 23.3 Å². The van der Waals surface area contributed by atoms with Gasteiger partial charge in [-0.15, -0.1) is 0 Å². The van der Waals surface area contributed by atoms with Crippen LogP contribution in [0.3, 0.4) is 0 Å². The van der Waals surface area contributed by atoms with Crippen molar-refractivity contribution >= 4 is 26.3 Å². The number of aromatic amines is 1. The zero-order valence-corrected chi connectivity index (χ0v) is 10.7. The van der Waals surface area contributed by atoms with E-state index in [-0.39, 0.29) is 22.5 Å². The molecule has 2 aromatic heterocycles. The van der Waals surface area contributed by atoms with E-state index in [0.717, 1.165) is 25.9 Å². The highest BCUT2D eigenvalue weighted by Crippen LogP contribution is 2.18. The zero-order chi connectivity index (χ0) is 12.7. The monoisotopic (exact) mass is 265 g/mol. The van der Waals surface area contributed by atoms with Crippen molar-refractivity contribution in [2.24, 2.45) is 0 Å². The molecule has 18 heavy (non-hydrogen) atoms. The molecular formula is C10H12N5O2P. The predicted molar refractivity (Wildman–Crippen MR) is 68.4 cm³/mol. The number of fused-ring (bicyclic) bond motifs is 1. The van der Waals surface area contributed by atoms with E-state index < -0.39 is 0 Å². The second-order valence-electron chi connectivity index (χ2n) is 4.22. The molecule has 1 atom stereocenters. The Morgan fingerprint density at radius 3 is 2.83 bits per heavy atom. The number of amides is 1. The largest absolute Gasteiger partial charge is 0.337 e. The van der Waals surface area contributed by atoms with E-state index in [1.165, 1.54) is 10.8 Å². The molecular weight excluding hydrogens is 253 g/mol. The van der Waals surface area contributed by atoms with Crippen LogP contribution in [0.5, 0.6) is 0 Å². The lowest BCUT2D eigenvalue weighted by Crippen LogP contribution is -2.29. The van der Waals surface area contributed by atoms with Crippen molar-refractivity contribution in [1.29, 1.82) is 0 Å². The first kappa shape index (κ1) is 11.3. The van der Waals surface area contributed by atoms with E-state index in [9.17, 15) is 9.59 Å². The van der Waals surface area contributed by atoms with Crippen LogP contribution in [0.25, 0.3) is 11.0 Å². The number of nitrogens with zero attached hydrogens (tertiary/aromatic N) is 4. The lowest BCUT2D eigenvalue weighted by molar-refractivity contribution is 0.0788. The third kappa shape index (κ3) is 1.62. The van der Waals surface area contributed by atoms with Gasteiger partial charge in [0, 0.05) is 13.1 Å². The summed E-state index contributed by atoms with van der Waals surface area (Å²) in [6, 6.07) is 0. The maximum Gasteiger partial charge on any atom is 0.275 e. The van der Waals surface area contributed by atoms with Crippen LogP contribution in [-0.4, -0.2) is 43.4 Å². The molecule has 2 aromatic rings. The van der Waals surface area contributed by atoms with E-state index >= 15 is 0 Å². The number of hydrogen-bond acceptors (Lipinski definition) is 4. The van der Waals surface area contributed by atoms with Crippen molar-refractivity contribution in [3.05, 3.63) is 22.4 Å². The van der Waals surface area contributed by atoms with Gasteiger partial charge in [0.1, 0.15) is 5.39 Å². The normalized spacial score (nSPS) is 15.5. The van der Waals surface area contributed by atoms with Gasteiger partial charge in [0.2, 0.25) is 0 Å². The van der Waals surface area contributed by atoms with Gasteiger partial charge >= 0.3 is 0 Å². The fourth-order valence-electron chi connectivity index (χ4n) is 2.20. The molecule has 1 N–H and O–H groups in total. The molecule has 0 bridgehead atoms. The molecule has 1 aliphatic heterocycles. The van der Waals surface area contributed by atoms with E-state index in [2.05, 4.69) is 24.5 Å². The number of carbonyl (C=O) groups is 1. The minimum absolute atomic E-state index is 0.177. The fraction of sp³-hybridized carbons (Fsp3) is 0.400. The summed E-state index contributed by atoms with van der Waals surface area (Å²) in [5.74, 6) is -0.197. The van der Waals surface area contributed by atoms with Crippen LogP contribution in [0.4, 0.5) is 0 Å². The summed E-state index contributed by atoms with van der Waals surface area (Å²) in [7, 11) is 2.33. The summed E-state index contributed by atoms with van der Waals surface area (Å²) < 4.78 is 1.38. The molecule has 0 aromatic carbocycles. The minimum atomic E-state index is -0.337. The van der Waals surface area contributed by atoms with Gasteiger partial charge in [-0.3, -0.25) is 9.59 Å². The van der Waals surface area contributed by atoms with E-state index in [1.54, 1.807) is 4.90 Å². The Morgan fingerprint density at radius 2 is 2.11 bits per heavy atom. The van der Waals surface area contributed by atoms with Gasteiger partial charge < -0.3 is 9.88 Å². The first-order chi connectivity index (χ1) is 8.68. The molecule has 3 rings (SSSR count). The summed E-state index contributed by atoms with van der Waals surface area (Å²) in [5, 5.41) is 4.36. The highest BCUT2D eigenvalue weighted by molar-refractivity contribution is 7.14. The van der Waals surface area contributed by atoms with Crippen molar-refractivity contribution in [2.75, 3.05) is 13.1 Å². The third-order valence-electron chi connectivity index (χ3n) is 3.09. The Labute approximate surface area is 104 Å². The van der Waals surface area contributed by atoms with Crippen LogP contribution in [0.2, 0.25) is 0 Å². The number of hydrogen-bond donors (Lipinski definition) is 1. The maximum atomic E-state index is 12.3. The summed E-state index contributed by atoms with van der Waals surface area (Å²) >= 11 is 0. The average Bonchev–Trinajstić information content (AvgIpc) is 2.98. The average molecular weight is 265 g/mol. The van der Waals surface area contributed by atoms with Crippen molar-refractivity contribution in [2.45, 2.75) is 12.8 Å². The summed E-state index contributed by atoms with van der Waals surface area (Å²) in [5.41, 5.74) is 0.235. The Kier molecular flexibility index (Phi) is 2.63. The topological polar surface area (TPSA) is 83.9 Å². The van der Waals surface area contributed by atoms with E-state index in [4.69, 9.17) is 0 Å². The van der Waals surface area contributed by atoms with Crippen LogP contribution in [-0.2, 0) is 0 Å². The first-order valence-corrected chi connectivity index (χ1v) is 6.21. The summed E-state index contributed by atoms with van der Waals surface area (Å²) in [6.45, 7) is 1.45. The van der Waals surface area contributed by atoms with Crippen LogP contribution in [0.15, 0.2) is 11.1 Å². The van der Waals surface area contributed by atoms with Gasteiger partial charge in [-0.25, -0.2) is 9.44 Å². The lowest BCUT2D eigenvalue weighted by atomic mass is 10.2. The Hall–Kier alpha value is -1.75.